The third-order valence-electron chi connectivity index (χ3n) is 5.34. The number of likely N-dealkylation sites (tertiary alicyclic amines) is 1. The topological polar surface area (TPSA) is 76.2 Å². The van der Waals surface area contributed by atoms with E-state index in [0.29, 0.717) is 55.4 Å². The quantitative estimate of drug-likeness (QED) is 0.716. The summed E-state index contributed by atoms with van der Waals surface area (Å²) in [6.45, 7) is 2.18. The number of halogens is 1. The number of sulfonamides is 1. The lowest BCUT2D eigenvalue weighted by Gasteiger charge is -2.32. The minimum Gasteiger partial charge on any atom is -0.489 e. The van der Waals surface area contributed by atoms with E-state index < -0.39 is 10.0 Å². The Balaban J connectivity index is 1.61. The van der Waals surface area contributed by atoms with Gasteiger partial charge in [-0.1, -0.05) is 11.6 Å². The number of rotatable bonds is 5. The third kappa shape index (κ3) is 5.17. The zero-order valence-electron chi connectivity index (χ0n) is 16.3. The summed E-state index contributed by atoms with van der Waals surface area (Å²) in [7, 11) is -1.49. The average Bonchev–Trinajstić information content (AvgIpc) is 2.68. The summed E-state index contributed by atoms with van der Waals surface area (Å²) in [5, 5.41) is 0.386. The van der Waals surface area contributed by atoms with Gasteiger partial charge in [0.25, 0.3) is 5.91 Å². The maximum absolute atomic E-state index is 12.8. The van der Waals surface area contributed by atoms with Crippen LogP contribution in [0.25, 0.3) is 0 Å². The molecule has 2 aliphatic heterocycles. The zero-order valence-corrected chi connectivity index (χ0v) is 17.8. The van der Waals surface area contributed by atoms with Gasteiger partial charge < -0.3 is 14.4 Å². The number of amides is 1. The van der Waals surface area contributed by atoms with E-state index in [0.717, 1.165) is 12.8 Å². The van der Waals surface area contributed by atoms with Gasteiger partial charge >= 0.3 is 0 Å². The lowest BCUT2D eigenvalue weighted by atomic mass is 10.1. The van der Waals surface area contributed by atoms with Gasteiger partial charge in [0.15, 0.2) is 0 Å². The van der Waals surface area contributed by atoms with Gasteiger partial charge in [-0.2, -0.15) is 0 Å². The maximum atomic E-state index is 12.8. The van der Waals surface area contributed by atoms with E-state index >= 15 is 0 Å². The molecule has 1 aromatic rings. The second-order valence-corrected chi connectivity index (χ2v) is 9.77. The molecule has 28 heavy (non-hydrogen) atoms. The second kappa shape index (κ2) is 8.98. The van der Waals surface area contributed by atoms with Gasteiger partial charge in [0, 0.05) is 38.9 Å². The molecule has 0 spiro atoms. The van der Waals surface area contributed by atoms with Gasteiger partial charge in [0.2, 0.25) is 10.0 Å². The first-order chi connectivity index (χ1) is 13.3. The minimum absolute atomic E-state index is 0.0586. The molecule has 0 N–H and O–H groups in total. The van der Waals surface area contributed by atoms with E-state index in [2.05, 4.69) is 0 Å². The lowest BCUT2D eigenvalue weighted by molar-refractivity contribution is 0.0269. The van der Waals surface area contributed by atoms with Crippen molar-refractivity contribution in [3.63, 3.8) is 0 Å². The number of hydrogen-bond donors (Lipinski definition) is 0. The van der Waals surface area contributed by atoms with Gasteiger partial charge in [-0.25, -0.2) is 12.7 Å². The lowest BCUT2D eigenvalue weighted by Crippen LogP contribution is -2.42. The molecule has 2 aliphatic rings. The first-order valence-electron chi connectivity index (χ1n) is 9.51. The van der Waals surface area contributed by atoms with Crippen LogP contribution in [0.1, 0.15) is 36.0 Å². The van der Waals surface area contributed by atoms with Gasteiger partial charge in [-0.3, -0.25) is 4.79 Å². The summed E-state index contributed by atoms with van der Waals surface area (Å²) < 4.78 is 36.0. The molecule has 1 atom stereocenters. The highest BCUT2D eigenvalue weighted by molar-refractivity contribution is 7.88. The van der Waals surface area contributed by atoms with Crippen LogP contribution in [-0.4, -0.2) is 75.3 Å². The molecule has 9 heteroatoms. The Bertz CT molecular complexity index is 809. The molecular weight excluding hydrogens is 404 g/mol. The van der Waals surface area contributed by atoms with Crippen LogP contribution in [0.4, 0.5) is 0 Å². The van der Waals surface area contributed by atoms with Crippen molar-refractivity contribution in [2.45, 2.75) is 37.9 Å². The summed E-state index contributed by atoms with van der Waals surface area (Å²) in [4.78, 5) is 14.5. The molecule has 156 valence electrons. The molecule has 2 fully saturated rings. The molecule has 3 rings (SSSR count). The highest BCUT2D eigenvalue weighted by atomic mass is 35.5. The van der Waals surface area contributed by atoms with E-state index in [-0.39, 0.29) is 18.1 Å². The van der Waals surface area contributed by atoms with Crippen molar-refractivity contribution in [1.29, 1.82) is 0 Å². The Morgan fingerprint density at radius 2 is 1.86 bits per heavy atom. The fourth-order valence-corrected chi connectivity index (χ4v) is 4.79. The number of benzene rings is 1. The summed E-state index contributed by atoms with van der Waals surface area (Å²) in [5.74, 6) is 0.459. The number of methoxy groups -OCH3 is 1. The van der Waals surface area contributed by atoms with Crippen molar-refractivity contribution in [3.8, 4) is 5.75 Å². The first-order valence-corrected chi connectivity index (χ1v) is 11.7. The smallest absolute Gasteiger partial charge is 0.253 e. The average molecular weight is 431 g/mol. The van der Waals surface area contributed by atoms with Gasteiger partial charge in [-0.15, -0.1) is 0 Å². The monoisotopic (exact) mass is 430 g/mol. The van der Waals surface area contributed by atoms with Crippen molar-refractivity contribution in [3.05, 3.63) is 28.8 Å². The van der Waals surface area contributed by atoms with E-state index in [9.17, 15) is 13.2 Å². The summed E-state index contributed by atoms with van der Waals surface area (Å²) in [6.07, 6.45) is 4.30. The predicted octanol–water partition coefficient (Wildman–Crippen LogP) is 2.39. The molecule has 0 aromatic heterocycles. The largest absolute Gasteiger partial charge is 0.489 e. The van der Waals surface area contributed by atoms with Gasteiger partial charge in [0.1, 0.15) is 11.9 Å². The van der Waals surface area contributed by atoms with E-state index in [1.807, 2.05) is 0 Å². The number of ether oxygens (including phenoxy) is 2. The van der Waals surface area contributed by atoms with Crippen LogP contribution < -0.4 is 4.74 Å². The van der Waals surface area contributed by atoms with Crippen LogP contribution in [0, 0.1) is 0 Å². The second-order valence-electron chi connectivity index (χ2n) is 7.38. The predicted molar refractivity (Wildman–Crippen MR) is 107 cm³/mol. The van der Waals surface area contributed by atoms with Crippen molar-refractivity contribution in [2.24, 2.45) is 0 Å². The van der Waals surface area contributed by atoms with Gasteiger partial charge in [0.05, 0.1) is 17.4 Å². The maximum Gasteiger partial charge on any atom is 0.253 e. The van der Waals surface area contributed by atoms with Crippen LogP contribution >= 0.6 is 11.6 Å². The van der Waals surface area contributed by atoms with Crippen LogP contribution in [0.5, 0.6) is 5.75 Å². The van der Waals surface area contributed by atoms with Gasteiger partial charge in [-0.05, 0) is 43.9 Å². The van der Waals surface area contributed by atoms with E-state index in [4.69, 9.17) is 21.1 Å². The molecule has 7 nitrogen and oxygen atoms in total. The third-order valence-corrected chi connectivity index (χ3v) is 6.94. The Labute approximate surface area is 171 Å². The van der Waals surface area contributed by atoms with E-state index in [1.54, 1.807) is 30.2 Å². The number of piperidine rings is 2. The van der Waals surface area contributed by atoms with Crippen LogP contribution in [0.15, 0.2) is 18.2 Å². The molecule has 0 aliphatic carbocycles. The Kier molecular flexibility index (Phi) is 6.85. The van der Waals surface area contributed by atoms with Crippen molar-refractivity contribution >= 4 is 27.5 Å². The summed E-state index contributed by atoms with van der Waals surface area (Å²) in [5.41, 5.74) is 0.529. The molecule has 0 saturated carbocycles. The van der Waals surface area contributed by atoms with Crippen LogP contribution in [0.3, 0.4) is 0 Å². The number of carbonyl (C=O) groups is 1. The number of carbonyl (C=O) groups excluding carboxylic acids is 1. The standard InChI is InChI=1S/C19H27ClN2O5S/c1-26-16-4-3-9-21(13-16)19(23)14-5-6-18(17(20)12-14)27-15-7-10-22(11-8-15)28(2,24)25/h5-6,12,15-16H,3-4,7-11,13H2,1-2H3. The van der Waals surface area contributed by atoms with Crippen LogP contribution in [-0.2, 0) is 14.8 Å². The zero-order chi connectivity index (χ0) is 20.3. The number of nitrogens with zero attached hydrogens (tertiary/aromatic N) is 2. The summed E-state index contributed by atoms with van der Waals surface area (Å²) in [6, 6.07) is 5.09. The van der Waals surface area contributed by atoms with Crippen LogP contribution in [0.2, 0.25) is 5.02 Å². The van der Waals surface area contributed by atoms with Crippen molar-refractivity contribution in [2.75, 3.05) is 39.5 Å². The molecule has 1 amide bonds. The normalized spacial score (nSPS) is 22.2. The fraction of sp³-hybridized carbons (Fsp3) is 0.632. The highest BCUT2D eigenvalue weighted by Gasteiger charge is 2.27. The fourth-order valence-electron chi connectivity index (χ4n) is 3.69. The molecule has 1 aromatic carbocycles. The SMILES string of the molecule is COC1CCCN(C(=O)c2ccc(OC3CCN(S(C)(=O)=O)CC3)c(Cl)c2)C1. The Hall–Kier alpha value is -1.35. The van der Waals surface area contributed by atoms with Crippen molar-refractivity contribution < 1.29 is 22.7 Å². The van der Waals surface area contributed by atoms with Crippen molar-refractivity contribution in [1.82, 2.24) is 9.21 Å². The van der Waals surface area contributed by atoms with E-state index in [1.165, 1.54) is 10.6 Å². The molecular formula is C19H27ClN2O5S. The summed E-state index contributed by atoms with van der Waals surface area (Å²) >= 11 is 6.36. The number of hydrogen-bond acceptors (Lipinski definition) is 5. The first kappa shape index (κ1) is 21.4. The Morgan fingerprint density at radius 3 is 2.46 bits per heavy atom. The highest BCUT2D eigenvalue weighted by Crippen LogP contribution is 2.29. The molecule has 2 saturated heterocycles. The minimum atomic E-state index is -3.16. The molecule has 0 bridgehead atoms. The molecule has 1 unspecified atom stereocenters. The molecule has 2 heterocycles. The Morgan fingerprint density at radius 1 is 1.14 bits per heavy atom. The molecule has 0 radical (unpaired) electrons.